The fraction of sp³-hybridized carbons (Fsp3) is 0.300. The van der Waals surface area contributed by atoms with Gasteiger partial charge < -0.3 is 10.9 Å². The first-order valence-corrected chi connectivity index (χ1v) is 7.20. The van der Waals surface area contributed by atoms with Gasteiger partial charge in [0.25, 0.3) is 0 Å². The molecule has 0 aliphatic heterocycles. The molecule has 0 amide bonds. The molecule has 4 N–H and O–H groups in total. The number of amidine groups is 1. The fourth-order valence-corrected chi connectivity index (χ4v) is 2.68. The average Bonchev–Trinajstić information content (AvgIpc) is 2.27. The number of halogens is 1. The Morgan fingerprint density at radius 2 is 2.22 bits per heavy atom. The Balaban J connectivity index is 3.19. The first-order valence-electron chi connectivity index (χ1n) is 5.17. The molecule has 0 saturated heterocycles. The van der Waals surface area contributed by atoms with Gasteiger partial charge in [0.15, 0.2) is 5.84 Å². The van der Waals surface area contributed by atoms with Crippen LogP contribution in [-0.4, -0.2) is 25.2 Å². The Hall–Kier alpha value is -1.47. The second-order valence-corrected chi connectivity index (χ2v) is 5.87. The van der Waals surface area contributed by atoms with Gasteiger partial charge in [-0.3, -0.25) is 4.72 Å². The van der Waals surface area contributed by atoms with Crippen LogP contribution in [0.1, 0.15) is 18.9 Å². The lowest BCUT2D eigenvalue weighted by Crippen LogP contribution is -2.21. The molecule has 6 nitrogen and oxygen atoms in total. The summed E-state index contributed by atoms with van der Waals surface area (Å²) < 4.78 is 25.7. The number of anilines is 1. The van der Waals surface area contributed by atoms with Gasteiger partial charge in [0, 0.05) is 10.6 Å². The van der Waals surface area contributed by atoms with Crippen molar-refractivity contribution in [1.29, 1.82) is 0 Å². The van der Waals surface area contributed by atoms with Crippen LogP contribution in [0.25, 0.3) is 0 Å². The molecule has 18 heavy (non-hydrogen) atoms. The third-order valence-electron chi connectivity index (χ3n) is 2.10. The number of hydrogen-bond acceptors (Lipinski definition) is 4. The van der Waals surface area contributed by atoms with Crippen molar-refractivity contribution in [2.75, 3.05) is 10.5 Å². The molecule has 0 atom stereocenters. The molecule has 0 spiro atoms. The maximum atomic E-state index is 11.7. The summed E-state index contributed by atoms with van der Waals surface area (Å²) in [6.07, 6.45) is 0.481. The summed E-state index contributed by atoms with van der Waals surface area (Å²) in [5, 5.41) is 11.8. The van der Waals surface area contributed by atoms with Crippen LogP contribution in [-0.2, 0) is 10.0 Å². The van der Waals surface area contributed by atoms with Gasteiger partial charge in [-0.15, -0.1) is 0 Å². The van der Waals surface area contributed by atoms with E-state index in [1.807, 2.05) is 0 Å². The molecule has 8 heteroatoms. The standard InChI is InChI=1S/C10H14ClN3O3S/c1-2-5-18(16,17)14-9-6-7(11)3-4-8(9)10(12)13-15/h3-4,6,14-15H,2,5H2,1H3,(H2,12,13). The minimum absolute atomic E-state index is 0.0187. The monoisotopic (exact) mass is 291 g/mol. The zero-order chi connectivity index (χ0) is 13.8. The lowest BCUT2D eigenvalue weighted by molar-refractivity contribution is 0.318. The van der Waals surface area contributed by atoms with E-state index in [1.165, 1.54) is 18.2 Å². The van der Waals surface area contributed by atoms with E-state index >= 15 is 0 Å². The molecule has 0 fully saturated rings. The molecule has 1 aromatic carbocycles. The maximum Gasteiger partial charge on any atom is 0.232 e. The fourth-order valence-electron chi connectivity index (χ4n) is 1.37. The van der Waals surface area contributed by atoms with Gasteiger partial charge in [-0.1, -0.05) is 23.7 Å². The minimum Gasteiger partial charge on any atom is -0.409 e. The zero-order valence-corrected chi connectivity index (χ0v) is 11.3. The Morgan fingerprint density at radius 1 is 1.56 bits per heavy atom. The van der Waals surface area contributed by atoms with Crippen molar-refractivity contribution in [3.63, 3.8) is 0 Å². The first kappa shape index (κ1) is 14.6. The summed E-state index contributed by atoms with van der Waals surface area (Å²) in [5.74, 6) is -0.212. The van der Waals surface area contributed by atoms with Gasteiger partial charge in [0.2, 0.25) is 10.0 Å². The molecule has 1 rings (SSSR count). The Labute approximate surface area is 110 Å². The highest BCUT2D eigenvalue weighted by atomic mass is 35.5. The second-order valence-electron chi connectivity index (χ2n) is 3.60. The Bertz CT molecular complexity index is 557. The number of nitrogens with one attached hydrogen (secondary N) is 1. The molecular formula is C10H14ClN3O3S. The number of nitrogens with two attached hydrogens (primary N) is 1. The van der Waals surface area contributed by atoms with Crippen molar-refractivity contribution in [2.45, 2.75) is 13.3 Å². The summed E-state index contributed by atoms with van der Waals surface area (Å²) in [6, 6.07) is 4.40. The third kappa shape index (κ3) is 3.78. The summed E-state index contributed by atoms with van der Waals surface area (Å²) in [6.45, 7) is 1.75. The van der Waals surface area contributed by atoms with Crippen LogP contribution in [0.2, 0.25) is 5.02 Å². The van der Waals surface area contributed by atoms with Crippen LogP contribution in [0.3, 0.4) is 0 Å². The van der Waals surface area contributed by atoms with Gasteiger partial charge in [-0.2, -0.15) is 0 Å². The van der Waals surface area contributed by atoms with Crippen LogP contribution in [0.4, 0.5) is 5.69 Å². The van der Waals surface area contributed by atoms with E-state index in [0.717, 1.165) is 0 Å². The molecule has 100 valence electrons. The number of hydrogen-bond donors (Lipinski definition) is 3. The van der Waals surface area contributed by atoms with E-state index in [1.54, 1.807) is 6.92 Å². The van der Waals surface area contributed by atoms with Crippen molar-refractivity contribution in [3.05, 3.63) is 28.8 Å². The largest absolute Gasteiger partial charge is 0.409 e. The molecular weight excluding hydrogens is 278 g/mol. The van der Waals surface area contributed by atoms with Crippen molar-refractivity contribution in [2.24, 2.45) is 10.9 Å². The molecule has 0 saturated carbocycles. The van der Waals surface area contributed by atoms with Crippen molar-refractivity contribution < 1.29 is 13.6 Å². The predicted molar refractivity (Wildman–Crippen MR) is 71.7 cm³/mol. The number of nitrogens with zero attached hydrogens (tertiary/aromatic N) is 1. The van der Waals surface area contributed by atoms with E-state index in [4.69, 9.17) is 22.5 Å². The normalized spacial score (nSPS) is 12.4. The number of sulfonamides is 1. The highest BCUT2D eigenvalue weighted by Crippen LogP contribution is 2.22. The molecule has 0 aliphatic carbocycles. The summed E-state index contributed by atoms with van der Waals surface area (Å²) in [7, 11) is -3.47. The molecule has 0 unspecified atom stereocenters. The van der Waals surface area contributed by atoms with Crippen LogP contribution in [0, 0.1) is 0 Å². The van der Waals surface area contributed by atoms with E-state index in [2.05, 4.69) is 9.88 Å². The highest BCUT2D eigenvalue weighted by Gasteiger charge is 2.14. The van der Waals surface area contributed by atoms with Crippen molar-refractivity contribution in [1.82, 2.24) is 0 Å². The summed E-state index contributed by atoms with van der Waals surface area (Å²) >= 11 is 5.79. The van der Waals surface area contributed by atoms with E-state index in [9.17, 15) is 8.42 Å². The van der Waals surface area contributed by atoms with Crippen molar-refractivity contribution >= 4 is 33.1 Å². The van der Waals surface area contributed by atoms with E-state index in [-0.39, 0.29) is 22.8 Å². The highest BCUT2D eigenvalue weighted by molar-refractivity contribution is 7.92. The molecule has 0 aliphatic rings. The van der Waals surface area contributed by atoms with Crippen LogP contribution in [0.5, 0.6) is 0 Å². The van der Waals surface area contributed by atoms with Gasteiger partial charge >= 0.3 is 0 Å². The second kappa shape index (κ2) is 5.92. The molecule has 0 radical (unpaired) electrons. The molecule has 1 aromatic rings. The quantitative estimate of drug-likeness (QED) is 0.331. The zero-order valence-electron chi connectivity index (χ0n) is 9.72. The van der Waals surface area contributed by atoms with Crippen LogP contribution < -0.4 is 10.5 Å². The molecule has 0 aromatic heterocycles. The topological polar surface area (TPSA) is 105 Å². The van der Waals surface area contributed by atoms with Gasteiger partial charge in [0.05, 0.1) is 11.4 Å². The first-order chi connectivity index (χ1) is 8.39. The van der Waals surface area contributed by atoms with Crippen LogP contribution in [0.15, 0.2) is 23.4 Å². The number of rotatable bonds is 5. The summed E-state index contributed by atoms with van der Waals surface area (Å²) in [5.41, 5.74) is 5.91. The molecule has 0 heterocycles. The van der Waals surface area contributed by atoms with Gasteiger partial charge in [-0.05, 0) is 24.6 Å². The number of oxime groups is 1. The third-order valence-corrected chi connectivity index (χ3v) is 3.82. The maximum absolute atomic E-state index is 11.7. The van der Waals surface area contributed by atoms with Crippen molar-refractivity contribution in [3.8, 4) is 0 Å². The smallest absolute Gasteiger partial charge is 0.232 e. The lowest BCUT2D eigenvalue weighted by atomic mass is 10.1. The Morgan fingerprint density at radius 3 is 2.78 bits per heavy atom. The van der Waals surface area contributed by atoms with E-state index in [0.29, 0.717) is 11.4 Å². The molecule has 0 bridgehead atoms. The van der Waals surface area contributed by atoms with Gasteiger partial charge in [0.1, 0.15) is 0 Å². The SMILES string of the molecule is CCCS(=O)(=O)Nc1cc(Cl)ccc1C(N)=NO. The summed E-state index contributed by atoms with van der Waals surface area (Å²) in [4.78, 5) is 0. The Kier molecular flexibility index (Phi) is 4.80. The predicted octanol–water partition coefficient (Wildman–Crippen LogP) is 1.59. The van der Waals surface area contributed by atoms with E-state index < -0.39 is 10.0 Å². The number of benzene rings is 1. The van der Waals surface area contributed by atoms with Gasteiger partial charge in [-0.25, -0.2) is 8.42 Å². The lowest BCUT2D eigenvalue weighted by Gasteiger charge is -2.11. The average molecular weight is 292 g/mol. The minimum atomic E-state index is -3.47. The van der Waals surface area contributed by atoms with Crippen LogP contribution >= 0.6 is 11.6 Å².